The highest BCUT2D eigenvalue weighted by Crippen LogP contribution is 2.32. The molecule has 0 unspecified atom stereocenters. The van der Waals surface area contributed by atoms with E-state index >= 15 is 0 Å². The molecule has 0 spiro atoms. The zero-order chi connectivity index (χ0) is 14.5. The van der Waals surface area contributed by atoms with Crippen LogP contribution in [0.1, 0.15) is 38.7 Å². The Morgan fingerprint density at radius 3 is 2.85 bits per heavy atom. The number of carbonyl (C=O) groups is 1. The molecule has 1 aromatic carbocycles. The standard InChI is InChI=1S/C16H25N3O/c1-3-13(4-2)18-15(20)11-19-10-6-8-12-7-5-9-14(17)16(12)19/h5,7,9,13H,3-4,6,8,10-11,17H2,1-2H3,(H,18,20). The van der Waals surface area contributed by atoms with Gasteiger partial charge in [-0.25, -0.2) is 0 Å². The summed E-state index contributed by atoms with van der Waals surface area (Å²) < 4.78 is 0. The molecule has 0 saturated carbocycles. The summed E-state index contributed by atoms with van der Waals surface area (Å²) in [5.41, 5.74) is 9.17. The van der Waals surface area contributed by atoms with Gasteiger partial charge in [0.25, 0.3) is 0 Å². The van der Waals surface area contributed by atoms with Crippen molar-refractivity contribution in [1.29, 1.82) is 0 Å². The molecule has 0 bridgehead atoms. The molecule has 4 heteroatoms. The van der Waals surface area contributed by atoms with Crippen molar-refractivity contribution in [2.45, 2.75) is 45.6 Å². The van der Waals surface area contributed by atoms with E-state index in [0.29, 0.717) is 6.54 Å². The molecule has 1 heterocycles. The van der Waals surface area contributed by atoms with Crippen molar-refractivity contribution in [2.75, 3.05) is 23.7 Å². The smallest absolute Gasteiger partial charge is 0.239 e. The van der Waals surface area contributed by atoms with Gasteiger partial charge in [-0.1, -0.05) is 26.0 Å². The number of benzene rings is 1. The Morgan fingerprint density at radius 1 is 1.40 bits per heavy atom. The highest BCUT2D eigenvalue weighted by molar-refractivity contribution is 5.84. The van der Waals surface area contributed by atoms with Crippen LogP contribution in [0.5, 0.6) is 0 Å². The topological polar surface area (TPSA) is 58.4 Å². The summed E-state index contributed by atoms with van der Waals surface area (Å²) in [6.07, 6.45) is 4.07. The van der Waals surface area contributed by atoms with E-state index in [2.05, 4.69) is 30.1 Å². The highest BCUT2D eigenvalue weighted by atomic mass is 16.2. The Balaban J connectivity index is 2.07. The number of nitrogens with two attached hydrogens (primary N) is 1. The van der Waals surface area contributed by atoms with E-state index in [1.807, 2.05) is 12.1 Å². The summed E-state index contributed by atoms with van der Waals surface area (Å²) in [6, 6.07) is 6.29. The Bertz CT molecular complexity index is 469. The van der Waals surface area contributed by atoms with Gasteiger partial charge in [0.15, 0.2) is 0 Å². The molecule has 3 N–H and O–H groups in total. The second-order valence-corrected chi connectivity index (χ2v) is 5.46. The Kier molecular flexibility index (Phi) is 4.88. The number of hydrogen-bond donors (Lipinski definition) is 2. The lowest BCUT2D eigenvalue weighted by molar-refractivity contribution is -0.120. The first-order valence-corrected chi connectivity index (χ1v) is 7.57. The fourth-order valence-electron chi connectivity index (χ4n) is 2.87. The molecule has 0 saturated heterocycles. The van der Waals surface area contributed by atoms with Crippen LogP contribution in [0.25, 0.3) is 0 Å². The van der Waals surface area contributed by atoms with Crippen LogP contribution in [0.4, 0.5) is 11.4 Å². The number of amides is 1. The van der Waals surface area contributed by atoms with Crippen LogP contribution in [-0.4, -0.2) is 25.0 Å². The normalized spacial score (nSPS) is 14.2. The molecule has 0 aromatic heterocycles. The van der Waals surface area contributed by atoms with Crippen LogP contribution in [-0.2, 0) is 11.2 Å². The zero-order valence-corrected chi connectivity index (χ0v) is 12.5. The summed E-state index contributed by atoms with van der Waals surface area (Å²) in [6.45, 7) is 5.50. The molecule has 110 valence electrons. The van der Waals surface area contributed by atoms with Crippen molar-refractivity contribution in [3.8, 4) is 0 Å². The third kappa shape index (κ3) is 3.24. The second kappa shape index (κ2) is 6.64. The van der Waals surface area contributed by atoms with Gasteiger partial charge in [-0.3, -0.25) is 4.79 Å². The van der Waals surface area contributed by atoms with E-state index in [9.17, 15) is 4.79 Å². The molecule has 2 rings (SSSR count). The Labute approximate surface area is 121 Å². The quantitative estimate of drug-likeness (QED) is 0.811. The van der Waals surface area contributed by atoms with E-state index < -0.39 is 0 Å². The summed E-state index contributed by atoms with van der Waals surface area (Å²) >= 11 is 0. The second-order valence-electron chi connectivity index (χ2n) is 5.46. The molecule has 0 atom stereocenters. The Hall–Kier alpha value is -1.71. The number of fused-ring (bicyclic) bond motifs is 1. The van der Waals surface area contributed by atoms with Crippen LogP contribution in [0.15, 0.2) is 18.2 Å². The average Bonchev–Trinajstić information content (AvgIpc) is 2.45. The molecule has 0 fully saturated rings. The highest BCUT2D eigenvalue weighted by Gasteiger charge is 2.21. The van der Waals surface area contributed by atoms with Gasteiger partial charge >= 0.3 is 0 Å². The van der Waals surface area contributed by atoms with Gasteiger partial charge in [0, 0.05) is 12.6 Å². The molecular weight excluding hydrogens is 250 g/mol. The summed E-state index contributed by atoms with van der Waals surface area (Å²) in [5, 5.41) is 3.09. The minimum atomic E-state index is 0.0924. The maximum absolute atomic E-state index is 12.2. The largest absolute Gasteiger partial charge is 0.397 e. The molecule has 1 aliphatic heterocycles. The first-order chi connectivity index (χ1) is 9.65. The van der Waals surface area contributed by atoms with Crippen LogP contribution < -0.4 is 16.0 Å². The third-order valence-electron chi connectivity index (χ3n) is 4.03. The number of nitrogens with one attached hydrogen (secondary N) is 1. The van der Waals surface area contributed by atoms with E-state index in [4.69, 9.17) is 5.73 Å². The van der Waals surface area contributed by atoms with Crippen molar-refractivity contribution in [2.24, 2.45) is 0 Å². The van der Waals surface area contributed by atoms with Gasteiger partial charge in [-0.2, -0.15) is 0 Å². The predicted molar refractivity (Wildman–Crippen MR) is 83.9 cm³/mol. The van der Waals surface area contributed by atoms with Gasteiger partial charge in [0.1, 0.15) is 0 Å². The molecule has 0 radical (unpaired) electrons. The van der Waals surface area contributed by atoms with Crippen LogP contribution >= 0.6 is 0 Å². The number of hydrogen-bond acceptors (Lipinski definition) is 3. The first kappa shape index (κ1) is 14.7. The van der Waals surface area contributed by atoms with Crippen molar-refractivity contribution >= 4 is 17.3 Å². The lowest BCUT2D eigenvalue weighted by atomic mass is 10.0. The first-order valence-electron chi connectivity index (χ1n) is 7.57. The van der Waals surface area contributed by atoms with Crippen molar-refractivity contribution in [1.82, 2.24) is 5.32 Å². The summed E-state index contributed by atoms with van der Waals surface area (Å²) in [5.74, 6) is 0.0924. The molecule has 1 amide bonds. The number of anilines is 2. The van der Waals surface area contributed by atoms with E-state index in [1.54, 1.807) is 0 Å². The third-order valence-corrected chi connectivity index (χ3v) is 4.03. The van der Waals surface area contributed by atoms with E-state index in [-0.39, 0.29) is 11.9 Å². The summed E-state index contributed by atoms with van der Waals surface area (Å²) in [4.78, 5) is 14.3. The fourth-order valence-corrected chi connectivity index (χ4v) is 2.87. The van der Waals surface area contributed by atoms with Crippen molar-refractivity contribution in [3.05, 3.63) is 23.8 Å². The van der Waals surface area contributed by atoms with Crippen molar-refractivity contribution in [3.63, 3.8) is 0 Å². The van der Waals surface area contributed by atoms with Crippen LogP contribution in [0.3, 0.4) is 0 Å². The van der Waals surface area contributed by atoms with Gasteiger partial charge in [0.2, 0.25) is 5.91 Å². The maximum Gasteiger partial charge on any atom is 0.239 e. The van der Waals surface area contributed by atoms with Gasteiger partial charge < -0.3 is 16.0 Å². The van der Waals surface area contributed by atoms with E-state index in [0.717, 1.165) is 43.6 Å². The van der Waals surface area contributed by atoms with Crippen LogP contribution in [0, 0.1) is 0 Å². The number of nitrogens with zero attached hydrogens (tertiary/aromatic N) is 1. The zero-order valence-electron chi connectivity index (χ0n) is 12.5. The minimum Gasteiger partial charge on any atom is -0.397 e. The van der Waals surface area contributed by atoms with Crippen molar-refractivity contribution < 1.29 is 4.79 Å². The lowest BCUT2D eigenvalue weighted by Crippen LogP contribution is -2.43. The van der Waals surface area contributed by atoms with E-state index in [1.165, 1.54) is 5.56 Å². The molecule has 1 aliphatic rings. The number of rotatable bonds is 5. The SMILES string of the molecule is CCC(CC)NC(=O)CN1CCCc2cccc(N)c21. The number of nitrogen functional groups attached to an aromatic ring is 1. The van der Waals surface area contributed by atoms with Gasteiger partial charge in [-0.05, 0) is 37.3 Å². The lowest BCUT2D eigenvalue weighted by Gasteiger charge is -2.32. The maximum atomic E-state index is 12.2. The monoisotopic (exact) mass is 275 g/mol. The number of para-hydroxylation sites is 1. The van der Waals surface area contributed by atoms with Crippen LogP contribution in [0.2, 0.25) is 0 Å². The number of carbonyl (C=O) groups excluding carboxylic acids is 1. The van der Waals surface area contributed by atoms with Gasteiger partial charge in [0.05, 0.1) is 17.9 Å². The average molecular weight is 275 g/mol. The molecule has 0 aliphatic carbocycles. The molecule has 1 aromatic rings. The summed E-state index contributed by atoms with van der Waals surface area (Å²) in [7, 11) is 0. The Morgan fingerprint density at radius 2 is 2.15 bits per heavy atom. The predicted octanol–water partition coefficient (Wildman–Crippen LogP) is 2.33. The minimum absolute atomic E-state index is 0.0924. The molecule has 20 heavy (non-hydrogen) atoms. The van der Waals surface area contributed by atoms with Gasteiger partial charge in [-0.15, -0.1) is 0 Å². The molecule has 4 nitrogen and oxygen atoms in total. The fraction of sp³-hybridized carbons (Fsp3) is 0.562. The number of aryl methyl sites for hydroxylation is 1. The molecular formula is C16H25N3O.